The molecule has 0 rings (SSSR count). The summed E-state index contributed by atoms with van der Waals surface area (Å²) in [5.74, 6) is -2.21. The monoisotopic (exact) mass is 156 g/mol. The topological polar surface area (TPSA) is 54.4 Å². The van der Waals surface area contributed by atoms with Crippen molar-refractivity contribution in [1.29, 1.82) is 0 Å². The number of hydrogen-bond donors (Lipinski definition) is 1. The lowest BCUT2D eigenvalue weighted by Gasteiger charge is -2.03. The van der Waals surface area contributed by atoms with E-state index in [2.05, 4.69) is 0 Å². The fourth-order valence-electron chi connectivity index (χ4n) is 0.713. The smallest absolute Gasteiger partial charge is 0.314 e. The Morgan fingerprint density at radius 3 is 2.36 bits per heavy atom. The highest BCUT2D eigenvalue weighted by Gasteiger charge is 2.20. The van der Waals surface area contributed by atoms with Gasteiger partial charge in [0.15, 0.2) is 0 Å². The second kappa shape index (κ2) is 4.66. The summed E-state index contributed by atoms with van der Waals surface area (Å²) in [5, 5.41) is 8.52. The maximum atomic E-state index is 10.7. The number of aliphatic carboxylic acids is 1. The van der Waals surface area contributed by atoms with Crippen LogP contribution in [-0.2, 0) is 9.59 Å². The van der Waals surface area contributed by atoms with Gasteiger partial charge in [0.05, 0.1) is 0 Å². The summed E-state index contributed by atoms with van der Waals surface area (Å²) < 4.78 is 0. The lowest BCUT2D eigenvalue weighted by Crippen LogP contribution is -2.20. The molecule has 0 aromatic rings. The Balaban J connectivity index is 4.12. The molecule has 0 aliphatic carbocycles. The van der Waals surface area contributed by atoms with Gasteiger partial charge >= 0.3 is 5.97 Å². The Labute approximate surface area is 65.7 Å². The molecule has 3 nitrogen and oxygen atoms in total. The molecule has 0 aromatic carbocycles. The summed E-state index contributed by atoms with van der Waals surface area (Å²) in [6.45, 7) is 3.08. The van der Waals surface area contributed by atoms with Crippen molar-refractivity contribution in [2.45, 2.75) is 20.3 Å². The van der Waals surface area contributed by atoms with Crippen LogP contribution < -0.4 is 0 Å². The molecule has 0 bridgehead atoms. The highest BCUT2D eigenvalue weighted by atomic mass is 16.4. The first-order chi connectivity index (χ1) is 5.09. The van der Waals surface area contributed by atoms with Crippen molar-refractivity contribution < 1.29 is 14.7 Å². The molecule has 0 heterocycles. The zero-order valence-corrected chi connectivity index (χ0v) is 6.70. The second-order valence-electron chi connectivity index (χ2n) is 2.31. The lowest BCUT2D eigenvalue weighted by atomic mass is 10.0. The van der Waals surface area contributed by atoms with E-state index in [1.54, 1.807) is 19.1 Å². The first kappa shape index (κ1) is 9.88. The first-order valence-corrected chi connectivity index (χ1v) is 3.44. The van der Waals surface area contributed by atoms with Crippen molar-refractivity contribution in [3.05, 3.63) is 12.2 Å². The predicted molar refractivity (Wildman–Crippen MR) is 41.2 cm³/mol. The molecule has 0 amide bonds. The number of hydrogen-bond acceptors (Lipinski definition) is 2. The zero-order chi connectivity index (χ0) is 8.85. The van der Waals surface area contributed by atoms with Gasteiger partial charge in [-0.05, 0) is 20.3 Å². The van der Waals surface area contributed by atoms with Crippen LogP contribution in [0.4, 0.5) is 0 Å². The highest BCUT2D eigenvalue weighted by Crippen LogP contribution is 2.05. The van der Waals surface area contributed by atoms with Crippen LogP contribution in [0.15, 0.2) is 12.2 Å². The number of carboxylic acid groups (broad SMARTS) is 1. The van der Waals surface area contributed by atoms with E-state index in [-0.39, 0.29) is 5.78 Å². The van der Waals surface area contributed by atoms with Gasteiger partial charge in [0.25, 0.3) is 0 Å². The third-order valence-electron chi connectivity index (χ3n) is 1.40. The summed E-state index contributed by atoms with van der Waals surface area (Å²) in [4.78, 5) is 21.1. The third-order valence-corrected chi connectivity index (χ3v) is 1.40. The largest absolute Gasteiger partial charge is 0.481 e. The van der Waals surface area contributed by atoms with E-state index in [0.29, 0.717) is 6.42 Å². The van der Waals surface area contributed by atoms with E-state index in [9.17, 15) is 9.59 Å². The molecule has 0 saturated heterocycles. The molecule has 0 fully saturated rings. The standard InChI is InChI=1S/C8H12O3/c1-3-4-5-7(6(2)9)8(10)11/h3-4,7H,5H2,1-2H3,(H,10,11). The van der Waals surface area contributed by atoms with Gasteiger partial charge in [-0.1, -0.05) is 12.2 Å². The van der Waals surface area contributed by atoms with Crippen LogP contribution in [-0.4, -0.2) is 16.9 Å². The van der Waals surface area contributed by atoms with Gasteiger partial charge in [-0.3, -0.25) is 9.59 Å². The average Bonchev–Trinajstić information content (AvgIpc) is 1.87. The Hall–Kier alpha value is -1.12. The molecule has 1 unspecified atom stereocenters. The predicted octanol–water partition coefficient (Wildman–Crippen LogP) is 1.24. The highest BCUT2D eigenvalue weighted by molar-refractivity contribution is 5.96. The minimum atomic E-state index is -1.05. The summed E-state index contributed by atoms with van der Waals surface area (Å²) in [6.07, 6.45) is 3.71. The van der Waals surface area contributed by atoms with Crippen LogP contribution in [0.3, 0.4) is 0 Å². The molecule has 3 heteroatoms. The molecule has 0 aliphatic rings. The minimum Gasteiger partial charge on any atom is -0.481 e. The average molecular weight is 156 g/mol. The summed E-state index contributed by atoms with van der Waals surface area (Å²) in [5.41, 5.74) is 0. The van der Waals surface area contributed by atoms with Gasteiger partial charge < -0.3 is 5.11 Å². The van der Waals surface area contributed by atoms with E-state index in [4.69, 9.17) is 5.11 Å². The number of carbonyl (C=O) groups excluding carboxylic acids is 1. The molecule has 0 radical (unpaired) electrons. The Morgan fingerprint density at radius 1 is 1.55 bits per heavy atom. The molecular formula is C8H12O3. The molecule has 0 aromatic heterocycles. The van der Waals surface area contributed by atoms with Gasteiger partial charge in [-0.25, -0.2) is 0 Å². The summed E-state index contributed by atoms with van der Waals surface area (Å²) >= 11 is 0. The van der Waals surface area contributed by atoms with E-state index in [1.165, 1.54) is 6.92 Å². The van der Waals surface area contributed by atoms with Crippen LogP contribution in [0, 0.1) is 5.92 Å². The van der Waals surface area contributed by atoms with Gasteiger partial charge in [0.2, 0.25) is 0 Å². The molecule has 0 aliphatic heterocycles. The van der Waals surface area contributed by atoms with E-state index in [0.717, 1.165) is 0 Å². The molecule has 1 atom stereocenters. The normalized spacial score (nSPS) is 13.3. The van der Waals surface area contributed by atoms with Crippen molar-refractivity contribution in [3.63, 3.8) is 0 Å². The van der Waals surface area contributed by atoms with E-state index in [1.807, 2.05) is 0 Å². The van der Waals surface area contributed by atoms with Crippen LogP contribution in [0.25, 0.3) is 0 Å². The van der Waals surface area contributed by atoms with Crippen molar-refractivity contribution >= 4 is 11.8 Å². The number of allylic oxidation sites excluding steroid dienone is 2. The number of Topliss-reactive ketones (excluding diaryl/α,β-unsaturated/α-hetero) is 1. The number of carboxylic acids is 1. The van der Waals surface area contributed by atoms with Crippen LogP contribution in [0.5, 0.6) is 0 Å². The van der Waals surface area contributed by atoms with Crippen molar-refractivity contribution in [2.24, 2.45) is 5.92 Å². The Bertz CT molecular complexity index is 168. The molecule has 0 spiro atoms. The van der Waals surface area contributed by atoms with Crippen LogP contribution in [0.1, 0.15) is 20.3 Å². The maximum absolute atomic E-state index is 10.7. The van der Waals surface area contributed by atoms with Crippen molar-refractivity contribution in [2.75, 3.05) is 0 Å². The van der Waals surface area contributed by atoms with Crippen molar-refractivity contribution in [3.8, 4) is 0 Å². The van der Waals surface area contributed by atoms with Gasteiger partial charge in [-0.15, -0.1) is 0 Å². The zero-order valence-electron chi connectivity index (χ0n) is 6.70. The fourth-order valence-corrected chi connectivity index (χ4v) is 0.713. The van der Waals surface area contributed by atoms with E-state index < -0.39 is 11.9 Å². The molecule has 0 saturated carbocycles. The third kappa shape index (κ3) is 3.55. The Morgan fingerprint density at radius 2 is 2.09 bits per heavy atom. The molecule has 62 valence electrons. The first-order valence-electron chi connectivity index (χ1n) is 3.44. The fraction of sp³-hybridized carbons (Fsp3) is 0.500. The lowest BCUT2D eigenvalue weighted by molar-refractivity contribution is -0.145. The number of rotatable bonds is 4. The Kier molecular flexibility index (Phi) is 4.18. The van der Waals surface area contributed by atoms with Crippen LogP contribution >= 0.6 is 0 Å². The molecule has 1 N–H and O–H groups in total. The second-order valence-corrected chi connectivity index (χ2v) is 2.31. The van der Waals surface area contributed by atoms with Gasteiger partial charge in [0.1, 0.15) is 11.7 Å². The molecular weight excluding hydrogens is 144 g/mol. The quantitative estimate of drug-likeness (QED) is 0.492. The van der Waals surface area contributed by atoms with E-state index >= 15 is 0 Å². The van der Waals surface area contributed by atoms with Gasteiger partial charge in [-0.2, -0.15) is 0 Å². The molecule has 11 heavy (non-hydrogen) atoms. The minimum absolute atomic E-state index is 0.293. The SMILES string of the molecule is CC=CCC(C(C)=O)C(=O)O. The number of carbonyl (C=O) groups is 2. The summed E-state index contributed by atoms with van der Waals surface area (Å²) in [6, 6.07) is 0. The van der Waals surface area contributed by atoms with Gasteiger partial charge in [0, 0.05) is 0 Å². The van der Waals surface area contributed by atoms with Crippen LogP contribution in [0.2, 0.25) is 0 Å². The maximum Gasteiger partial charge on any atom is 0.314 e. The summed E-state index contributed by atoms with van der Waals surface area (Å²) in [7, 11) is 0. The number of ketones is 1. The van der Waals surface area contributed by atoms with Crippen molar-refractivity contribution in [1.82, 2.24) is 0 Å².